The number of aromatic nitrogens is 5. The fourth-order valence-electron chi connectivity index (χ4n) is 3.07. The van der Waals surface area contributed by atoms with E-state index in [-0.39, 0.29) is 18.0 Å². The molecule has 9 nitrogen and oxygen atoms in total. The summed E-state index contributed by atoms with van der Waals surface area (Å²) < 4.78 is 7.91. The molecule has 0 bridgehead atoms. The number of hydrogen-bond acceptors (Lipinski definition) is 6. The Balaban J connectivity index is 1.48. The molecule has 4 rings (SSSR count). The third-order valence-corrected chi connectivity index (χ3v) is 4.62. The van der Waals surface area contributed by atoms with Crippen LogP contribution in [0.3, 0.4) is 0 Å². The van der Waals surface area contributed by atoms with E-state index < -0.39 is 5.56 Å². The van der Waals surface area contributed by atoms with Crippen molar-refractivity contribution < 1.29 is 9.53 Å². The van der Waals surface area contributed by atoms with Crippen LogP contribution in [0.15, 0.2) is 65.7 Å². The van der Waals surface area contributed by atoms with Gasteiger partial charge >= 0.3 is 0 Å². The molecule has 2 aromatic carbocycles. The minimum absolute atomic E-state index is 0.0948. The van der Waals surface area contributed by atoms with E-state index in [2.05, 4.69) is 20.6 Å². The summed E-state index contributed by atoms with van der Waals surface area (Å²) >= 11 is 0. The van der Waals surface area contributed by atoms with Gasteiger partial charge in [-0.25, -0.2) is 4.98 Å². The number of nitrogens with zero attached hydrogens (tertiary/aromatic N) is 5. The molecule has 4 aromatic rings. The predicted molar refractivity (Wildman–Crippen MR) is 111 cm³/mol. The third-order valence-electron chi connectivity index (χ3n) is 4.62. The molecule has 0 radical (unpaired) electrons. The molecule has 0 atom stereocenters. The lowest BCUT2D eigenvalue weighted by molar-refractivity contribution is -0.121. The van der Waals surface area contributed by atoms with Gasteiger partial charge in [0.1, 0.15) is 18.6 Å². The fourth-order valence-corrected chi connectivity index (χ4v) is 3.07. The maximum Gasteiger partial charge on any atom is 0.284 e. The van der Waals surface area contributed by atoms with E-state index in [1.165, 1.54) is 15.6 Å². The van der Waals surface area contributed by atoms with Gasteiger partial charge in [0.05, 0.1) is 12.8 Å². The van der Waals surface area contributed by atoms with Crippen LogP contribution in [0.4, 0.5) is 0 Å². The van der Waals surface area contributed by atoms with Gasteiger partial charge in [-0.2, -0.15) is 4.68 Å². The molecular weight excluding hydrogens is 384 g/mol. The quantitative estimate of drug-likeness (QED) is 0.499. The number of benzene rings is 2. The van der Waals surface area contributed by atoms with E-state index in [1.807, 2.05) is 42.5 Å². The smallest absolute Gasteiger partial charge is 0.284 e. The van der Waals surface area contributed by atoms with Crippen LogP contribution >= 0.6 is 0 Å². The second-order valence-electron chi connectivity index (χ2n) is 6.64. The Bertz CT molecular complexity index is 1230. The van der Waals surface area contributed by atoms with Gasteiger partial charge in [-0.3, -0.25) is 14.2 Å². The van der Waals surface area contributed by atoms with Crippen LogP contribution in [0, 0.1) is 0 Å². The zero-order valence-electron chi connectivity index (χ0n) is 16.4. The van der Waals surface area contributed by atoms with Crippen LogP contribution in [0.2, 0.25) is 0 Å². The van der Waals surface area contributed by atoms with Gasteiger partial charge in [-0.1, -0.05) is 41.6 Å². The van der Waals surface area contributed by atoms with Crippen LogP contribution in [0.1, 0.15) is 5.56 Å². The van der Waals surface area contributed by atoms with Crippen molar-refractivity contribution in [3.8, 4) is 11.4 Å². The number of rotatable bonds is 7. The highest BCUT2D eigenvalue weighted by Gasteiger charge is 2.15. The average Bonchev–Trinajstić information content (AvgIpc) is 3.21. The van der Waals surface area contributed by atoms with Crippen LogP contribution in [-0.4, -0.2) is 44.1 Å². The third kappa shape index (κ3) is 4.04. The standard InChI is InChI=1S/C21H20N6O3/c1-30-17-9-5-8-16(12-17)27-20-19(24-25-27)21(29)26(14-23-20)13-18(28)22-11-10-15-6-3-2-4-7-15/h2-9,12,14H,10-11,13H2,1H3,(H,22,28). The molecule has 9 heteroatoms. The minimum atomic E-state index is -0.424. The van der Waals surface area contributed by atoms with Crippen molar-refractivity contribution in [3.05, 3.63) is 76.8 Å². The van der Waals surface area contributed by atoms with Crippen molar-refractivity contribution in [2.45, 2.75) is 13.0 Å². The number of amides is 1. The summed E-state index contributed by atoms with van der Waals surface area (Å²) in [6.45, 7) is 0.349. The first-order chi connectivity index (χ1) is 14.7. The summed E-state index contributed by atoms with van der Waals surface area (Å²) in [4.78, 5) is 29.3. The first-order valence-corrected chi connectivity index (χ1v) is 9.41. The lowest BCUT2D eigenvalue weighted by Gasteiger charge is -2.07. The first kappa shape index (κ1) is 19.3. The maximum absolute atomic E-state index is 12.7. The molecule has 0 aliphatic heterocycles. The average molecular weight is 404 g/mol. The van der Waals surface area contributed by atoms with Gasteiger partial charge in [-0.05, 0) is 24.1 Å². The molecule has 1 amide bonds. The molecule has 2 heterocycles. The monoisotopic (exact) mass is 404 g/mol. The summed E-state index contributed by atoms with van der Waals surface area (Å²) in [5.41, 5.74) is 1.78. The van der Waals surface area contributed by atoms with E-state index in [4.69, 9.17) is 4.74 Å². The highest BCUT2D eigenvalue weighted by atomic mass is 16.5. The van der Waals surface area contributed by atoms with Gasteiger partial charge in [0, 0.05) is 12.6 Å². The van der Waals surface area contributed by atoms with Gasteiger partial charge in [0.2, 0.25) is 5.91 Å². The van der Waals surface area contributed by atoms with Crippen molar-refractivity contribution in [1.82, 2.24) is 29.9 Å². The van der Waals surface area contributed by atoms with Gasteiger partial charge < -0.3 is 10.1 Å². The van der Waals surface area contributed by atoms with Crippen LogP contribution < -0.4 is 15.6 Å². The van der Waals surface area contributed by atoms with Crippen molar-refractivity contribution in [2.24, 2.45) is 0 Å². The second kappa shape index (κ2) is 8.56. The molecule has 2 aromatic heterocycles. The molecule has 0 aliphatic rings. The molecule has 0 aliphatic carbocycles. The Labute approximate surface area is 171 Å². The summed E-state index contributed by atoms with van der Waals surface area (Å²) in [5.74, 6) is 0.381. The lowest BCUT2D eigenvalue weighted by atomic mass is 10.1. The van der Waals surface area contributed by atoms with Crippen LogP contribution in [-0.2, 0) is 17.8 Å². The summed E-state index contributed by atoms with van der Waals surface area (Å²) in [6, 6.07) is 17.0. The van der Waals surface area contributed by atoms with Gasteiger partial charge in [0.15, 0.2) is 11.2 Å². The topological polar surface area (TPSA) is 104 Å². The fraction of sp³-hybridized carbons (Fsp3) is 0.190. The van der Waals surface area contributed by atoms with Crippen molar-refractivity contribution in [2.75, 3.05) is 13.7 Å². The maximum atomic E-state index is 12.7. The highest BCUT2D eigenvalue weighted by molar-refractivity contribution is 5.76. The number of fused-ring (bicyclic) bond motifs is 1. The number of hydrogen-bond donors (Lipinski definition) is 1. The van der Waals surface area contributed by atoms with Crippen molar-refractivity contribution in [1.29, 1.82) is 0 Å². The van der Waals surface area contributed by atoms with Crippen LogP contribution in [0.5, 0.6) is 5.75 Å². The number of carbonyl (C=O) groups excluding carboxylic acids is 1. The van der Waals surface area contributed by atoms with Gasteiger partial charge in [-0.15, -0.1) is 5.10 Å². The predicted octanol–water partition coefficient (Wildman–Crippen LogP) is 1.34. The minimum Gasteiger partial charge on any atom is -0.497 e. The lowest BCUT2D eigenvalue weighted by Crippen LogP contribution is -2.33. The summed E-state index contributed by atoms with van der Waals surface area (Å²) in [6.07, 6.45) is 2.05. The summed E-state index contributed by atoms with van der Waals surface area (Å²) in [5, 5.41) is 10.8. The van der Waals surface area contributed by atoms with Crippen molar-refractivity contribution in [3.63, 3.8) is 0 Å². The van der Waals surface area contributed by atoms with Crippen molar-refractivity contribution >= 4 is 17.1 Å². The van der Waals surface area contributed by atoms with E-state index in [0.29, 0.717) is 30.0 Å². The number of nitrogens with one attached hydrogen (secondary N) is 1. The molecule has 152 valence electrons. The van der Waals surface area contributed by atoms with E-state index in [9.17, 15) is 9.59 Å². The molecule has 0 spiro atoms. The second-order valence-corrected chi connectivity index (χ2v) is 6.64. The normalized spacial score (nSPS) is 10.8. The molecule has 0 fully saturated rings. The van der Waals surface area contributed by atoms with E-state index >= 15 is 0 Å². The molecule has 1 N–H and O–H groups in total. The summed E-state index contributed by atoms with van der Waals surface area (Å²) in [7, 11) is 1.57. The molecule has 0 saturated heterocycles. The van der Waals surface area contributed by atoms with E-state index in [1.54, 1.807) is 19.2 Å². The Hall–Kier alpha value is -4.01. The number of methoxy groups -OCH3 is 1. The molecule has 30 heavy (non-hydrogen) atoms. The number of ether oxygens (including phenoxy) is 1. The Morgan fingerprint density at radius 2 is 1.97 bits per heavy atom. The highest BCUT2D eigenvalue weighted by Crippen LogP contribution is 2.17. The van der Waals surface area contributed by atoms with Gasteiger partial charge in [0.25, 0.3) is 5.56 Å². The number of carbonyl (C=O) groups is 1. The Morgan fingerprint density at radius 3 is 2.77 bits per heavy atom. The Kier molecular flexibility index (Phi) is 5.51. The zero-order valence-corrected chi connectivity index (χ0v) is 16.4. The molecule has 0 unspecified atom stereocenters. The molecule has 0 saturated carbocycles. The SMILES string of the molecule is COc1cccc(-n2nnc3c(=O)n(CC(=O)NCCc4ccccc4)cnc32)c1. The zero-order chi connectivity index (χ0) is 20.9. The van der Waals surface area contributed by atoms with Crippen LogP contribution in [0.25, 0.3) is 16.9 Å². The first-order valence-electron chi connectivity index (χ1n) is 9.41. The largest absolute Gasteiger partial charge is 0.497 e. The Morgan fingerprint density at radius 1 is 1.13 bits per heavy atom. The van der Waals surface area contributed by atoms with E-state index in [0.717, 1.165) is 5.56 Å². The molecular formula is C21H20N6O3.